The fraction of sp³-hybridized carbons (Fsp3) is 0.643. The second-order valence-electron chi connectivity index (χ2n) is 5.45. The van der Waals surface area contributed by atoms with Crippen molar-refractivity contribution in [2.75, 3.05) is 7.05 Å². The minimum absolute atomic E-state index is 0.231. The Morgan fingerprint density at radius 1 is 1.20 bits per heavy atom. The predicted octanol–water partition coefficient (Wildman–Crippen LogP) is 3.46. The summed E-state index contributed by atoms with van der Waals surface area (Å²) >= 11 is 1.74. The second kappa shape index (κ2) is 6.01. The van der Waals surface area contributed by atoms with Gasteiger partial charge in [-0.15, -0.1) is 21.5 Å². The molecule has 20 heavy (non-hydrogen) atoms. The topological polar surface area (TPSA) is 55.1 Å². The highest BCUT2D eigenvalue weighted by molar-refractivity contribution is 7.11. The summed E-state index contributed by atoms with van der Waals surface area (Å²) in [5.41, 5.74) is 1.14. The summed E-state index contributed by atoms with van der Waals surface area (Å²) in [6, 6.07) is 0.231. The van der Waals surface area contributed by atoms with E-state index in [1.807, 2.05) is 20.8 Å². The van der Waals surface area contributed by atoms with Crippen LogP contribution in [-0.2, 0) is 6.54 Å². The first kappa shape index (κ1) is 15.1. The van der Waals surface area contributed by atoms with Gasteiger partial charge in [-0.05, 0) is 27.8 Å². The molecule has 0 aromatic carbocycles. The molecule has 5 nitrogen and oxygen atoms in total. The summed E-state index contributed by atoms with van der Waals surface area (Å²) in [7, 11) is 2.05. The normalized spacial score (nSPS) is 13.4. The third-order valence-electron chi connectivity index (χ3n) is 3.36. The van der Waals surface area contributed by atoms with E-state index in [0.717, 1.165) is 10.7 Å². The van der Waals surface area contributed by atoms with Crippen LogP contribution in [-0.4, -0.2) is 27.1 Å². The number of hydrogen-bond donors (Lipinski definition) is 0. The third kappa shape index (κ3) is 3.24. The van der Waals surface area contributed by atoms with Crippen LogP contribution in [0.5, 0.6) is 0 Å². The van der Waals surface area contributed by atoms with Crippen LogP contribution in [0.15, 0.2) is 4.42 Å². The first-order valence-electron chi connectivity index (χ1n) is 6.85. The predicted molar refractivity (Wildman–Crippen MR) is 79.9 cm³/mol. The van der Waals surface area contributed by atoms with Gasteiger partial charge in [-0.1, -0.05) is 13.8 Å². The molecule has 6 heteroatoms. The number of hydrogen-bond acceptors (Lipinski definition) is 6. The molecule has 0 N–H and O–H groups in total. The van der Waals surface area contributed by atoms with Gasteiger partial charge in [0.05, 0.1) is 23.3 Å². The summed E-state index contributed by atoms with van der Waals surface area (Å²) in [5.74, 6) is 1.62. The molecular formula is C14H22N4OS. The number of thiazole rings is 1. The summed E-state index contributed by atoms with van der Waals surface area (Å²) in [6.07, 6.45) is 0. The lowest BCUT2D eigenvalue weighted by atomic mass is 10.2. The van der Waals surface area contributed by atoms with E-state index in [1.54, 1.807) is 11.3 Å². The lowest BCUT2D eigenvalue weighted by molar-refractivity contribution is 0.221. The van der Waals surface area contributed by atoms with Crippen molar-refractivity contribution in [2.24, 2.45) is 0 Å². The van der Waals surface area contributed by atoms with Crippen molar-refractivity contribution >= 4 is 11.3 Å². The Hall–Kier alpha value is -1.27. The van der Waals surface area contributed by atoms with E-state index in [-0.39, 0.29) is 12.0 Å². The van der Waals surface area contributed by atoms with Crippen LogP contribution in [0, 0.1) is 13.8 Å². The molecule has 0 fully saturated rings. The van der Waals surface area contributed by atoms with Gasteiger partial charge in [0.2, 0.25) is 11.8 Å². The maximum Gasteiger partial charge on any atom is 0.230 e. The Kier molecular flexibility index (Phi) is 4.55. The molecule has 2 heterocycles. The van der Waals surface area contributed by atoms with Gasteiger partial charge in [-0.2, -0.15) is 0 Å². The molecule has 2 aromatic rings. The maximum atomic E-state index is 5.66. The monoisotopic (exact) mass is 294 g/mol. The number of aryl methyl sites for hydroxylation is 2. The quantitative estimate of drug-likeness (QED) is 0.845. The molecule has 0 saturated carbocycles. The van der Waals surface area contributed by atoms with E-state index in [1.165, 1.54) is 4.88 Å². The Balaban J connectivity index is 2.07. The van der Waals surface area contributed by atoms with Crippen molar-refractivity contribution in [3.63, 3.8) is 0 Å². The Bertz CT molecular complexity index is 575. The minimum Gasteiger partial charge on any atom is -0.424 e. The van der Waals surface area contributed by atoms with Crippen molar-refractivity contribution in [3.05, 3.63) is 27.4 Å². The van der Waals surface area contributed by atoms with Gasteiger partial charge in [0, 0.05) is 10.8 Å². The molecule has 0 amide bonds. The lowest BCUT2D eigenvalue weighted by Gasteiger charge is -2.22. The Morgan fingerprint density at radius 2 is 1.90 bits per heavy atom. The third-order valence-corrected chi connectivity index (χ3v) is 4.26. The van der Waals surface area contributed by atoms with Crippen molar-refractivity contribution in [3.8, 4) is 0 Å². The van der Waals surface area contributed by atoms with Gasteiger partial charge in [0.1, 0.15) is 0 Å². The van der Waals surface area contributed by atoms with Gasteiger partial charge in [0.25, 0.3) is 0 Å². The van der Waals surface area contributed by atoms with E-state index >= 15 is 0 Å². The van der Waals surface area contributed by atoms with Crippen LogP contribution >= 0.6 is 11.3 Å². The standard InChI is InChI=1S/C14H22N4OS/c1-8(2)14-17-16-12(19-14)7-18(6)9(3)13-10(4)20-11(5)15-13/h8-9H,7H2,1-6H3/t9-/m1/s1. The molecule has 0 bridgehead atoms. The zero-order valence-electron chi connectivity index (χ0n) is 13.0. The first-order chi connectivity index (χ1) is 9.38. The van der Waals surface area contributed by atoms with Gasteiger partial charge in [-0.25, -0.2) is 4.98 Å². The molecule has 0 aliphatic heterocycles. The smallest absolute Gasteiger partial charge is 0.230 e. The average molecular weight is 294 g/mol. The molecule has 1 atom stereocenters. The van der Waals surface area contributed by atoms with Crippen LogP contribution in [0.4, 0.5) is 0 Å². The fourth-order valence-electron chi connectivity index (χ4n) is 2.06. The number of nitrogens with zero attached hydrogens (tertiary/aromatic N) is 4. The van der Waals surface area contributed by atoms with E-state index in [0.29, 0.717) is 18.3 Å². The Morgan fingerprint density at radius 3 is 2.40 bits per heavy atom. The molecule has 0 spiro atoms. The van der Waals surface area contributed by atoms with Crippen LogP contribution in [0.2, 0.25) is 0 Å². The van der Waals surface area contributed by atoms with E-state index in [2.05, 4.69) is 41.0 Å². The molecule has 0 saturated heterocycles. The maximum absolute atomic E-state index is 5.66. The molecule has 0 radical (unpaired) electrons. The van der Waals surface area contributed by atoms with E-state index in [9.17, 15) is 0 Å². The highest BCUT2D eigenvalue weighted by atomic mass is 32.1. The molecule has 110 valence electrons. The van der Waals surface area contributed by atoms with Gasteiger partial charge in [0.15, 0.2) is 0 Å². The van der Waals surface area contributed by atoms with Gasteiger partial charge in [-0.3, -0.25) is 4.90 Å². The van der Waals surface area contributed by atoms with Gasteiger partial charge >= 0.3 is 0 Å². The molecule has 0 unspecified atom stereocenters. The highest BCUT2D eigenvalue weighted by Gasteiger charge is 2.20. The second-order valence-corrected chi connectivity index (χ2v) is 6.86. The zero-order valence-corrected chi connectivity index (χ0v) is 13.8. The first-order valence-corrected chi connectivity index (χ1v) is 7.66. The number of rotatable bonds is 5. The molecular weight excluding hydrogens is 272 g/mol. The Labute approximate surface area is 124 Å². The van der Waals surface area contributed by atoms with Crippen LogP contribution in [0.1, 0.15) is 60.1 Å². The van der Waals surface area contributed by atoms with Crippen molar-refractivity contribution in [1.29, 1.82) is 0 Å². The fourth-order valence-corrected chi connectivity index (χ4v) is 2.96. The minimum atomic E-state index is 0.231. The van der Waals surface area contributed by atoms with E-state index < -0.39 is 0 Å². The van der Waals surface area contributed by atoms with Crippen molar-refractivity contribution < 1.29 is 4.42 Å². The SMILES string of the molecule is Cc1nc([C@@H](C)N(C)Cc2nnc(C(C)C)o2)c(C)s1. The summed E-state index contributed by atoms with van der Waals surface area (Å²) < 4.78 is 5.66. The largest absolute Gasteiger partial charge is 0.424 e. The molecule has 2 rings (SSSR count). The van der Waals surface area contributed by atoms with Crippen LogP contribution in [0.3, 0.4) is 0 Å². The van der Waals surface area contributed by atoms with Crippen LogP contribution < -0.4 is 0 Å². The van der Waals surface area contributed by atoms with Gasteiger partial charge < -0.3 is 4.42 Å². The number of aromatic nitrogens is 3. The van der Waals surface area contributed by atoms with Crippen molar-refractivity contribution in [1.82, 2.24) is 20.1 Å². The summed E-state index contributed by atoms with van der Waals surface area (Å²) in [6.45, 7) is 11.0. The molecule has 0 aliphatic rings. The average Bonchev–Trinajstić information content (AvgIpc) is 2.95. The summed E-state index contributed by atoms with van der Waals surface area (Å²) in [4.78, 5) is 8.07. The highest BCUT2D eigenvalue weighted by Crippen LogP contribution is 2.27. The molecule has 0 aliphatic carbocycles. The molecule has 2 aromatic heterocycles. The van der Waals surface area contributed by atoms with Crippen molar-refractivity contribution in [2.45, 2.75) is 53.1 Å². The zero-order chi connectivity index (χ0) is 14.9. The van der Waals surface area contributed by atoms with E-state index in [4.69, 9.17) is 4.42 Å². The summed E-state index contributed by atoms with van der Waals surface area (Å²) in [5, 5.41) is 9.28. The lowest BCUT2D eigenvalue weighted by Crippen LogP contribution is -2.23. The van der Waals surface area contributed by atoms with Crippen LogP contribution in [0.25, 0.3) is 0 Å².